The molecule has 0 atom stereocenters. The van der Waals surface area contributed by atoms with E-state index in [1.165, 1.54) is 10.4 Å². The molecule has 128 valence electrons. The highest BCUT2D eigenvalue weighted by Gasteiger charge is 2.33. The van der Waals surface area contributed by atoms with Crippen LogP contribution in [0.5, 0.6) is 0 Å². The first-order chi connectivity index (χ1) is 11.9. The first kappa shape index (κ1) is 15.8. The summed E-state index contributed by atoms with van der Waals surface area (Å²) in [6.07, 6.45) is 3.46. The number of rotatable bonds is 3. The molecule has 7 heteroatoms. The first-order valence-electron chi connectivity index (χ1n) is 7.80. The number of para-hydroxylation sites is 1. The van der Waals surface area contributed by atoms with Crippen molar-refractivity contribution in [2.24, 2.45) is 7.05 Å². The molecule has 25 heavy (non-hydrogen) atoms. The summed E-state index contributed by atoms with van der Waals surface area (Å²) in [6.45, 7) is -0.0154. The van der Waals surface area contributed by atoms with Gasteiger partial charge in [-0.25, -0.2) is 12.8 Å². The van der Waals surface area contributed by atoms with Gasteiger partial charge in [0.2, 0.25) is 10.0 Å². The average molecular weight is 357 g/mol. The van der Waals surface area contributed by atoms with Crippen molar-refractivity contribution in [3.05, 3.63) is 71.8 Å². The normalized spacial score (nSPS) is 15.4. The van der Waals surface area contributed by atoms with Crippen LogP contribution >= 0.6 is 0 Å². The maximum Gasteiger partial charge on any atom is 0.239 e. The van der Waals surface area contributed by atoms with Crippen LogP contribution in [0.15, 0.2) is 54.9 Å². The molecule has 0 spiro atoms. The standard InChI is InChI=1S/C18H16FN3O2S/c1-21-10-16(9-20-21)13-6-7-14(17(19)8-13)11-22-18-5-3-2-4-15(18)12-25(22,23)24/h2-10H,11-12H2,1H3. The van der Waals surface area contributed by atoms with Gasteiger partial charge < -0.3 is 0 Å². The minimum atomic E-state index is -3.47. The van der Waals surface area contributed by atoms with Crippen LogP contribution in [0.2, 0.25) is 0 Å². The number of halogens is 1. The Morgan fingerprint density at radius 2 is 1.96 bits per heavy atom. The maximum absolute atomic E-state index is 14.6. The van der Waals surface area contributed by atoms with Gasteiger partial charge in [-0.05, 0) is 23.3 Å². The molecule has 1 aromatic heterocycles. The van der Waals surface area contributed by atoms with E-state index in [4.69, 9.17) is 0 Å². The van der Waals surface area contributed by atoms with Crippen molar-refractivity contribution in [3.8, 4) is 11.1 Å². The Morgan fingerprint density at radius 1 is 1.16 bits per heavy atom. The van der Waals surface area contributed by atoms with Crippen molar-refractivity contribution in [1.82, 2.24) is 9.78 Å². The largest absolute Gasteiger partial charge is 0.275 e. The van der Waals surface area contributed by atoms with Crippen molar-refractivity contribution < 1.29 is 12.8 Å². The fourth-order valence-corrected chi connectivity index (χ4v) is 4.67. The van der Waals surface area contributed by atoms with Gasteiger partial charge in [0, 0.05) is 24.4 Å². The van der Waals surface area contributed by atoms with Gasteiger partial charge >= 0.3 is 0 Å². The quantitative estimate of drug-likeness (QED) is 0.724. The van der Waals surface area contributed by atoms with Crippen LogP contribution in [0.1, 0.15) is 11.1 Å². The summed E-state index contributed by atoms with van der Waals surface area (Å²) in [7, 11) is -1.67. The van der Waals surface area contributed by atoms with Crippen LogP contribution < -0.4 is 4.31 Å². The number of nitrogens with zero attached hydrogens (tertiary/aromatic N) is 3. The zero-order chi connectivity index (χ0) is 17.6. The van der Waals surface area contributed by atoms with Gasteiger partial charge in [0.05, 0.1) is 24.2 Å². The van der Waals surface area contributed by atoms with E-state index in [9.17, 15) is 12.8 Å². The zero-order valence-corrected chi connectivity index (χ0v) is 14.4. The molecule has 1 aliphatic heterocycles. The number of aryl methyl sites for hydroxylation is 1. The van der Waals surface area contributed by atoms with E-state index in [1.54, 1.807) is 60.5 Å². The summed E-state index contributed by atoms with van der Waals surface area (Å²) in [5.41, 5.74) is 3.23. The van der Waals surface area contributed by atoms with Gasteiger partial charge in [-0.2, -0.15) is 5.10 Å². The van der Waals surface area contributed by atoms with Crippen LogP contribution in [0, 0.1) is 5.82 Å². The van der Waals surface area contributed by atoms with Crippen molar-refractivity contribution >= 4 is 15.7 Å². The van der Waals surface area contributed by atoms with E-state index >= 15 is 0 Å². The topological polar surface area (TPSA) is 55.2 Å². The lowest BCUT2D eigenvalue weighted by atomic mass is 10.1. The summed E-state index contributed by atoms with van der Waals surface area (Å²) in [6, 6.07) is 12.0. The molecule has 5 nitrogen and oxygen atoms in total. The summed E-state index contributed by atoms with van der Waals surface area (Å²) < 4.78 is 42.3. The van der Waals surface area contributed by atoms with Crippen molar-refractivity contribution in [1.29, 1.82) is 0 Å². The number of sulfonamides is 1. The second-order valence-corrected chi connectivity index (χ2v) is 7.99. The Morgan fingerprint density at radius 3 is 2.68 bits per heavy atom. The molecule has 1 aliphatic rings. The van der Waals surface area contributed by atoms with Gasteiger partial charge in [-0.3, -0.25) is 8.99 Å². The molecule has 2 heterocycles. The predicted octanol–water partition coefficient (Wildman–Crippen LogP) is 3.08. The Hall–Kier alpha value is -2.67. The molecule has 2 aromatic carbocycles. The van der Waals surface area contributed by atoms with Crippen LogP contribution in [0.3, 0.4) is 0 Å². The van der Waals surface area contributed by atoms with Crippen molar-refractivity contribution in [2.45, 2.75) is 12.3 Å². The third-order valence-electron chi connectivity index (χ3n) is 4.34. The van der Waals surface area contributed by atoms with E-state index in [2.05, 4.69) is 5.10 Å². The maximum atomic E-state index is 14.6. The number of benzene rings is 2. The number of hydrogen-bond donors (Lipinski definition) is 0. The van der Waals surface area contributed by atoms with E-state index in [-0.39, 0.29) is 12.3 Å². The van der Waals surface area contributed by atoms with Gasteiger partial charge in [-0.1, -0.05) is 30.3 Å². The lowest BCUT2D eigenvalue weighted by Crippen LogP contribution is -2.26. The average Bonchev–Trinajstić information content (AvgIpc) is 3.10. The van der Waals surface area contributed by atoms with E-state index in [1.807, 2.05) is 0 Å². The zero-order valence-electron chi connectivity index (χ0n) is 13.6. The molecule has 4 rings (SSSR count). The third-order valence-corrected chi connectivity index (χ3v) is 6.01. The molecule has 0 saturated carbocycles. The highest BCUT2D eigenvalue weighted by atomic mass is 32.2. The smallest absolute Gasteiger partial charge is 0.239 e. The second kappa shape index (κ2) is 5.70. The predicted molar refractivity (Wildman–Crippen MR) is 93.9 cm³/mol. The Balaban J connectivity index is 1.67. The highest BCUT2D eigenvalue weighted by molar-refractivity contribution is 7.92. The van der Waals surface area contributed by atoms with Gasteiger partial charge in [-0.15, -0.1) is 0 Å². The third kappa shape index (κ3) is 2.80. The SMILES string of the molecule is Cn1cc(-c2ccc(CN3c4ccccc4CS3(=O)=O)c(F)c2)cn1. The fourth-order valence-electron chi connectivity index (χ4n) is 3.06. The molecule has 0 unspecified atom stereocenters. The Bertz CT molecular complexity index is 1060. The van der Waals surface area contributed by atoms with Crippen LogP contribution in [-0.2, 0) is 29.4 Å². The molecule has 0 radical (unpaired) electrons. The van der Waals surface area contributed by atoms with E-state index < -0.39 is 15.8 Å². The van der Waals surface area contributed by atoms with E-state index in [0.717, 1.165) is 11.1 Å². The van der Waals surface area contributed by atoms with Crippen LogP contribution in [0.4, 0.5) is 10.1 Å². The lowest BCUT2D eigenvalue weighted by molar-refractivity contribution is 0.588. The number of fused-ring (bicyclic) bond motifs is 1. The Kier molecular flexibility index (Phi) is 3.61. The number of aromatic nitrogens is 2. The Labute approximate surface area is 145 Å². The minimum Gasteiger partial charge on any atom is -0.275 e. The van der Waals surface area contributed by atoms with Crippen molar-refractivity contribution in [3.63, 3.8) is 0 Å². The molecule has 0 amide bonds. The molecule has 0 bridgehead atoms. The molecule has 0 saturated heterocycles. The number of anilines is 1. The van der Waals surface area contributed by atoms with E-state index in [0.29, 0.717) is 16.8 Å². The molecule has 0 N–H and O–H groups in total. The number of hydrogen-bond acceptors (Lipinski definition) is 3. The summed E-state index contributed by atoms with van der Waals surface area (Å²) in [5.74, 6) is -0.473. The molecular formula is C18H16FN3O2S. The molecular weight excluding hydrogens is 341 g/mol. The first-order valence-corrected chi connectivity index (χ1v) is 9.41. The molecule has 0 aliphatic carbocycles. The summed E-state index contributed by atoms with van der Waals surface area (Å²) in [5, 5.41) is 4.08. The second-order valence-electron chi connectivity index (χ2n) is 6.10. The molecule has 0 fully saturated rings. The summed E-state index contributed by atoms with van der Waals surface area (Å²) in [4.78, 5) is 0. The minimum absolute atomic E-state index is 0.0154. The molecule has 3 aromatic rings. The van der Waals surface area contributed by atoms with Gasteiger partial charge in [0.15, 0.2) is 0 Å². The summed E-state index contributed by atoms with van der Waals surface area (Å²) >= 11 is 0. The van der Waals surface area contributed by atoms with Gasteiger partial charge in [0.25, 0.3) is 0 Å². The van der Waals surface area contributed by atoms with Crippen molar-refractivity contribution in [2.75, 3.05) is 4.31 Å². The lowest BCUT2D eigenvalue weighted by Gasteiger charge is -2.19. The van der Waals surface area contributed by atoms with Crippen LogP contribution in [-0.4, -0.2) is 18.2 Å². The van der Waals surface area contributed by atoms with Crippen LogP contribution in [0.25, 0.3) is 11.1 Å². The fraction of sp³-hybridized carbons (Fsp3) is 0.167. The highest BCUT2D eigenvalue weighted by Crippen LogP contribution is 2.35. The van der Waals surface area contributed by atoms with Gasteiger partial charge in [0.1, 0.15) is 5.82 Å². The monoisotopic (exact) mass is 357 g/mol.